The second kappa shape index (κ2) is 11.4. The number of amides is 2. The van der Waals surface area contributed by atoms with Gasteiger partial charge in [-0.15, -0.1) is 0 Å². The molecule has 0 bridgehead atoms. The Kier molecular flexibility index (Phi) is 8.39. The largest absolute Gasteiger partial charge is 0.497 e. The van der Waals surface area contributed by atoms with Crippen molar-refractivity contribution in [1.29, 1.82) is 0 Å². The Bertz CT molecular complexity index is 926. The smallest absolute Gasteiger partial charge is 0.243 e. The lowest BCUT2D eigenvalue weighted by atomic mass is 10.0. The van der Waals surface area contributed by atoms with E-state index in [2.05, 4.69) is 41.3 Å². The number of rotatable bonds is 10. The fourth-order valence-corrected chi connectivity index (χ4v) is 3.58. The van der Waals surface area contributed by atoms with E-state index in [-0.39, 0.29) is 18.4 Å². The van der Waals surface area contributed by atoms with Gasteiger partial charge in [-0.25, -0.2) is 5.01 Å². The standard InChI is InChI=1S/C25H32N4O3/c1-19(2)28(17-20-7-5-4-6-8-20)16-15-26-24(30)18-29-25(31)14-13-23(27-29)21-9-11-22(32-3)12-10-21/h4-12,19H,13-18H2,1-3H3,(H,26,30). The van der Waals surface area contributed by atoms with Gasteiger partial charge in [0.15, 0.2) is 0 Å². The maximum atomic E-state index is 12.5. The van der Waals surface area contributed by atoms with Crippen LogP contribution in [0, 0.1) is 0 Å². The Morgan fingerprint density at radius 1 is 1.12 bits per heavy atom. The van der Waals surface area contributed by atoms with Gasteiger partial charge in [-0.3, -0.25) is 14.5 Å². The zero-order valence-corrected chi connectivity index (χ0v) is 19.1. The van der Waals surface area contributed by atoms with E-state index in [1.54, 1.807) is 7.11 Å². The van der Waals surface area contributed by atoms with Crippen LogP contribution in [0.5, 0.6) is 5.75 Å². The van der Waals surface area contributed by atoms with Crippen LogP contribution in [0.25, 0.3) is 0 Å². The van der Waals surface area contributed by atoms with E-state index < -0.39 is 0 Å². The third-order valence-electron chi connectivity index (χ3n) is 5.50. The molecule has 0 saturated carbocycles. The van der Waals surface area contributed by atoms with Gasteiger partial charge in [0.05, 0.1) is 12.8 Å². The highest BCUT2D eigenvalue weighted by molar-refractivity contribution is 6.04. The van der Waals surface area contributed by atoms with Crippen LogP contribution >= 0.6 is 0 Å². The molecule has 0 radical (unpaired) electrons. The van der Waals surface area contributed by atoms with E-state index in [1.807, 2.05) is 42.5 Å². The summed E-state index contributed by atoms with van der Waals surface area (Å²) in [5, 5.41) is 8.66. The highest BCUT2D eigenvalue weighted by atomic mass is 16.5. The molecule has 170 valence electrons. The van der Waals surface area contributed by atoms with Gasteiger partial charge in [0.25, 0.3) is 0 Å². The van der Waals surface area contributed by atoms with Gasteiger partial charge in [0.2, 0.25) is 11.8 Å². The maximum absolute atomic E-state index is 12.5. The number of ether oxygens (including phenoxy) is 1. The zero-order chi connectivity index (χ0) is 22.9. The first-order valence-electron chi connectivity index (χ1n) is 11.0. The van der Waals surface area contributed by atoms with Gasteiger partial charge in [-0.1, -0.05) is 30.3 Å². The second-order valence-corrected chi connectivity index (χ2v) is 8.13. The summed E-state index contributed by atoms with van der Waals surface area (Å²) < 4.78 is 5.19. The molecule has 3 rings (SSSR count). The maximum Gasteiger partial charge on any atom is 0.243 e. The highest BCUT2D eigenvalue weighted by Crippen LogP contribution is 2.18. The van der Waals surface area contributed by atoms with Crippen molar-refractivity contribution in [3.63, 3.8) is 0 Å². The molecule has 2 amide bonds. The Morgan fingerprint density at radius 2 is 1.84 bits per heavy atom. The van der Waals surface area contributed by atoms with Crippen molar-refractivity contribution >= 4 is 17.5 Å². The number of methoxy groups -OCH3 is 1. The van der Waals surface area contributed by atoms with Crippen LogP contribution in [0.15, 0.2) is 59.7 Å². The van der Waals surface area contributed by atoms with Crippen molar-refractivity contribution in [2.45, 2.75) is 39.3 Å². The molecule has 1 aliphatic heterocycles. The fraction of sp³-hybridized carbons (Fsp3) is 0.400. The topological polar surface area (TPSA) is 74.2 Å². The molecule has 0 fully saturated rings. The summed E-state index contributed by atoms with van der Waals surface area (Å²) in [6.07, 6.45) is 0.905. The van der Waals surface area contributed by atoms with Crippen LogP contribution < -0.4 is 10.1 Å². The van der Waals surface area contributed by atoms with Gasteiger partial charge < -0.3 is 10.1 Å². The normalized spacial score (nSPS) is 14.0. The molecule has 1 aliphatic rings. The molecule has 0 atom stereocenters. The lowest BCUT2D eigenvalue weighted by molar-refractivity contribution is -0.136. The Morgan fingerprint density at radius 3 is 2.50 bits per heavy atom. The van der Waals surface area contributed by atoms with E-state index >= 15 is 0 Å². The van der Waals surface area contributed by atoms with Crippen LogP contribution in [-0.2, 0) is 16.1 Å². The van der Waals surface area contributed by atoms with Crippen molar-refractivity contribution in [2.24, 2.45) is 5.10 Å². The first-order chi connectivity index (χ1) is 15.5. The first kappa shape index (κ1) is 23.5. The zero-order valence-electron chi connectivity index (χ0n) is 19.1. The minimum atomic E-state index is -0.207. The van der Waals surface area contributed by atoms with Gasteiger partial charge in [-0.2, -0.15) is 5.10 Å². The molecule has 2 aromatic carbocycles. The van der Waals surface area contributed by atoms with Crippen molar-refractivity contribution in [2.75, 3.05) is 26.7 Å². The molecular weight excluding hydrogens is 404 g/mol. The minimum absolute atomic E-state index is 0.0706. The summed E-state index contributed by atoms with van der Waals surface area (Å²) in [5.41, 5.74) is 2.97. The van der Waals surface area contributed by atoms with E-state index in [1.165, 1.54) is 10.6 Å². The fourth-order valence-electron chi connectivity index (χ4n) is 3.58. The molecule has 0 saturated heterocycles. The number of hydrazone groups is 1. The monoisotopic (exact) mass is 436 g/mol. The molecule has 0 aliphatic carbocycles. The molecule has 0 aromatic heterocycles. The summed E-state index contributed by atoms with van der Waals surface area (Å²) in [7, 11) is 1.62. The summed E-state index contributed by atoms with van der Waals surface area (Å²) in [4.78, 5) is 27.1. The quantitative estimate of drug-likeness (QED) is 0.621. The molecule has 7 heteroatoms. The average Bonchev–Trinajstić information content (AvgIpc) is 2.80. The van der Waals surface area contributed by atoms with E-state index in [4.69, 9.17) is 4.74 Å². The summed E-state index contributed by atoms with van der Waals surface area (Å²) >= 11 is 0. The minimum Gasteiger partial charge on any atom is -0.497 e. The van der Waals surface area contributed by atoms with Crippen LogP contribution in [0.1, 0.15) is 37.8 Å². The predicted molar refractivity (Wildman–Crippen MR) is 125 cm³/mol. The summed E-state index contributed by atoms with van der Waals surface area (Å²) in [6, 6.07) is 18.2. The van der Waals surface area contributed by atoms with E-state index in [9.17, 15) is 9.59 Å². The van der Waals surface area contributed by atoms with Gasteiger partial charge >= 0.3 is 0 Å². The number of carbonyl (C=O) groups is 2. The Balaban J connectivity index is 1.52. The van der Waals surface area contributed by atoms with Gasteiger partial charge in [0.1, 0.15) is 12.3 Å². The van der Waals surface area contributed by atoms with E-state index in [0.29, 0.717) is 25.4 Å². The van der Waals surface area contributed by atoms with Crippen LogP contribution in [0.4, 0.5) is 0 Å². The Hall–Kier alpha value is -3.19. The number of nitrogens with zero attached hydrogens (tertiary/aromatic N) is 3. The van der Waals surface area contributed by atoms with Crippen LogP contribution in [0.2, 0.25) is 0 Å². The molecule has 1 heterocycles. The number of nitrogens with one attached hydrogen (secondary N) is 1. The molecule has 0 spiro atoms. The third-order valence-corrected chi connectivity index (χ3v) is 5.50. The summed E-state index contributed by atoms with van der Waals surface area (Å²) in [6.45, 7) is 6.29. The van der Waals surface area contributed by atoms with Crippen LogP contribution in [0.3, 0.4) is 0 Å². The molecule has 0 unspecified atom stereocenters. The van der Waals surface area contributed by atoms with Crippen molar-refractivity contribution in [3.05, 3.63) is 65.7 Å². The molecule has 7 nitrogen and oxygen atoms in total. The second-order valence-electron chi connectivity index (χ2n) is 8.13. The van der Waals surface area contributed by atoms with Crippen molar-refractivity contribution < 1.29 is 14.3 Å². The lowest BCUT2D eigenvalue weighted by Crippen LogP contribution is -2.43. The van der Waals surface area contributed by atoms with Crippen LogP contribution in [-0.4, -0.2) is 60.2 Å². The Labute approximate surface area is 190 Å². The van der Waals surface area contributed by atoms with Gasteiger partial charge in [-0.05, 0) is 49.2 Å². The number of carbonyl (C=O) groups excluding carboxylic acids is 2. The lowest BCUT2D eigenvalue weighted by Gasteiger charge is -2.27. The summed E-state index contributed by atoms with van der Waals surface area (Å²) in [5.74, 6) is 0.423. The van der Waals surface area contributed by atoms with Crippen molar-refractivity contribution in [1.82, 2.24) is 15.2 Å². The highest BCUT2D eigenvalue weighted by Gasteiger charge is 2.23. The molecule has 2 aromatic rings. The molecular formula is C25H32N4O3. The van der Waals surface area contributed by atoms with E-state index in [0.717, 1.165) is 30.1 Å². The SMILES string of the molecule is COc1ccc(C2=NN(CC(=O)NCCN(Cc3ccccc3)C(C)C)C(=O)CC2)cc1. The number of hydrogen-bond acceptors (Lipinski definition) is 5. The number of hydrogen-bond donors (Lipinski definition) is 1. The number of benzene rings is 2. The average molecular weight is 437 g/mol. The molecule has 1 N–H and O–H groups in total. The third kappa shape index (κ3) is 6.65. The predicted octanol–water partition coefficient (Wildman–Crippen LogP) is 3.05. The molecule has 32 heavy (non-hydrogen) atoms. The van der Waals surface area contributed by atoms with Crippen molar-refractivity contribution in [3.8, 4) is 5.75 Å². The van der Waals surface area contributed by atoms with Gasteiger partial charge in [0, 0.05) is 38.5 Å². The first-order valence-corrected chi connectivity index (χ1v) is 11.0.